The fourth-order valence-corrected chi connectivity index (χ4v) is 0.977. The number of nitrogens with two attached hydrogens (primary N) is 1. The molecule has 0 rings (SSSR count). The fraction of sp³-hybridized carbons (Fsp3) is 1.00. The molecule has 0 aliphatic heterocycles. The molecule has 0 saturated carbocycles. The van der Waals surface area contributed by atoms with Gasteiger partial charge in [0, 0.05) is 0 Å². The predicted molar refractivity (Wildman–Crippen MR) is 58.0 cm³/mol. The molecule has 72 valence electrons. The van der Waals surface area contributed by atoms with Gasteiger partial charge in [0.05, 0.1) is 0 Å². The summed E-state index contributed by atoms with van der Waals surface area (Å²) in [5.74, 6) is 0. The first-order chi connectivity index (χ1) is 5.62. The van der Waals surface area contributed by atoms with Gasteiger partial charge in [0.2, 0.25) is 0 Å². The lowest BCUT2D eigenvalue weighted by Crippen LogP contribution is -2.43. The summed E-state index contributed by atoms with van der Waals surface area (Å²) >= 11 is 0. The molecule has 1 unspecified atom stereocenters. The van der Waals surface area contributed by atoms with Crippen molar-refractivity contribution in [2.75, 3.05) is 13.1 Å². The molecule has 0 radical (unpaired) electrons. The Bertz CT molecular complexity index is 105. The molecular weight excluding hydrogens is 147 g/mol. The van der Waals surface area contributed by atoms with Crippen LogP contribution in [-0.2, 0) is 0 Å². The van der Waals surface area contributed by atoms with Gasteiger partial charge in [-0.2, -0.15) is 0 Å². The van der Waals surface area contributed by atoms with Crippen LogP contribution in [0.5, 0.6) is 0 Å². The van der Waals surface area contributed by atoms with Gasteiger partial charge in [-0.05, 0) is 31.4 Å². The summed E-state index contributed by atoms with van der Waals surface area (Å²) in [4.78, 5) is 0. The summed E-state index contributed by atoms with van der Waals surface area (Å²) in [5, 5.41) is 3.40. The highest BCUT2D eigenvalue weighted by Gasteiger charge is 2.14. The third-order valence-corrected chi connectivity index (χ3v) is 2.39. The zero-order valence-corrected chi connectivity index (χ0v) is 8.82. The van der Waals surface area contributed by atoms with E-state index in [2.05, 4.69) is 26.0 Å². The molecule has 3 N–H and O–H groups in total. The summed E-state index contributed by atoms with van der Waals surface area (Å²) in [7, 11) is 1.06. The van der Waals surface area contributed by atoms with Crippen molar-refractivity contribution in [2.45, 2.75) is 45.4 Å². The first kappa shape index (κ1) is 12.0. The van der Waals surface area contributed by atoms with E-state index in [-0.39, 0.29) is 5.44 Å². The van der Waals surface area contributed by atoms with E-state index in [1.165, 1.54) is 12.8 Å². The van der Waals surface area contributed by atoms with Gasteiger partial charge in [0.25, 0.3) is 0 Å². The van der Waals surface area contributed by atoms with Crippen molar-refractivity contribution in [3.63, 3.8) is 0 Å². The van der Waals surface area contributed by atoms with Gasteiger partial charge in [0.1, 0.15) is 7.28 Å². The number of rotatable bonds is 7. The zero-order valence-electron chi connectivity index (χ0n) is 8.82. The first-order valence-electron chi connectivity index (χ1n) is 5.12. The Labute approximate surface area is 77.5 Å². The van der Waals surface area contributed by atoms with E-state index in [1.807, 2.05) is 0 Å². The van der Waals surface area contributed by atoms with Gasteiger partial charge in [-0.3, -0.25) is 0 Å². The maximum atomic E-state index is 5.99. The lowest BCUT2D eigenvalue weighted by atomic mass is 9.60. The Balaban J connectivity index is 3.19. The Morgan fingerprint density at radius 2 is 2.08 bits per heavy atom. The van der Waals surface area contributed by atoms with Gasteiger partial charge in [0.15, 0.2) is 0 Å². The van der Waals surface area contributed by atoms with E-state index in [9.17, 15) is 0 Å². The Morgan fingerprint density at radius 3 is 2.58 bits per heavy atom. The van der Waals surface area contributed by atoms with Crippen LogP contribution in [0.2, 0.25) is 6.82 Å². The number of nitrogens with one attached hydrogen (secondary N) is 1. The van der Waals surface area contributed by atoms with Crippen LogP contribution in [0.4, 0.5) is 0 Å². The quantitative estimate of drug-likeness (QED) is 0.440. The third kappa shape index (κ3) is 6.68. The van der Waals surface area contributed by atoms with Crippen molar-refractivity contribution in [1.29, 1.82) is 0 Å². The van der Waals surface area contributed by atoms with Crippen molar-refractivity contribution < 1.29 is 0 Å². The molecule has 0 saturated heterocycles. The predicted octanol–water partition coefficient (Wildman–Crippen LogP) is 0.926. The summed E-state index contributed by atoms with van der Waals surface area (Å²) in [5.41, 5.74) is 6.02. The minimum atomic E-state index is 0.0270. The zero-order chi connectivity index (χ0) is 9.45. The molecule has 0 fully saturated rings. The average Bonchev–Trinajstić information content (AvgIpc) is 2.04. The lowest BCUT2D eigenvalue weighted by molar-refractivity contribution is 0.535. The van der Waals surface area contributed by atoms with E-state index in [0.29, 0.717) is 0 Å². The third-order valence-electron chi connectivity index (χ3n) is 2.39. The second-order valence-electron chi connectivity index (χ2n) is 3.86. The molecule has 0 amide bonds. The summed E-state index contributed by atoms with van der Waals surface area (Å²) in [6, 6.07) is 0. The maximum Gasteiger partial charge on any atom is 0.142 e. The SMILES string of the molecule is CBC(C)(N)CCNCCCC. The number of unbranched alkanes of at least 4 members (excludes halogenated alkanes) is 1. The second-order valence-corrected chi connectivity index (χ2v) is 3.86. The van der Waals surface area contributed by atoms with Gasteiger partial charge >= 0.3 is 0 Å². The van der Waals surface area contributed by atoms with Crippen LogP contribution in [-0.4, -0.2) is 25.8 Å². The Kier molecular flexibility index (Phi) is 6.49. The van der Waals surface area contributed by atoms with E-state index < -0.39 is 0 Å². The monoisotopic (exact) mass is 170 g/mol. The average molecular weight is 170 g/mol. The molecule has 0 aliphatic carbocycles. The number of hydrogen-bond donors (Lipinski definition) is 2. The maximum absolute atomic E-state index is 5.99. The van der Waals surface area contributed by atoms with E-state index in [1.54, 1.807) is 0 Å². The second kappa shape index (κ2) is 6.50. The smallest absolute Gasteiger partial charge is 0.142 e. The van der Waals surface area contributed by atoms with Crippen LogP contribution in [0.15, 0.2) is 0 Å². The van der Waals surface area contributed by atoms with Crippen LogP contribution in [0.3, 0.4) is 0 Å². The molecule has 12 heavy (non-hydrogen) atoms. The highest BCUT2D eigenvalue weighted by Crippen LogP contribution is 2.01. The van der Waals surface area contributed by atoms with Crippen LogP contribution < -0.4 is 11.1 Å². The van der Waals surface area contributed by atoms with Crippen molar-refractivity contribution in [3.05, 3.63) is 0 Å². The Hall–Kier alpha value is -0.0151. The summed E-state index contributed by atoms with van der Waals surface area (Å²) in [6.45, 7) is 8.67. The Morgan fingerprint density at radius 1 is 1.42 bits per heavy atom. The molecule has 0 spiro atoms. The van der Waals surface area contributed by atoms with E-state index in [0.717, 1.165) is 26.8 Å². The molecule has 0 aromatic heterocycles. The topological polar surface area (TPSA) is 38.0 Å². The van der Waals surface area contributed by atoms with E-state index in [4.69, 9.17) is 5.73 Å². The largest absolute Gasteiger partial charge is 0.332 e. The molecule has 0 aromatic rings. The molecule has 3 heteroatoms. The molecule has 0 heterocycles. The highest BCUT2D eigenvalue weighted by atomic mass is 14.9. The number of hydrogen-bond acceptors (Lipinski definition) is 2. The fourth-order valence-electron chi connectivity index (χ4n) is 0.977. The van der Waals surface area contributed by atoms with Gasteiger partial charge in [-0.1, -0.05) is 27.1 Å². The van der Waals surface area contributed by atoms with Crippen molar-refractivity contribution in [2.24, 2.45) is 5.73 Å². The molecule has 0 aliphatic rings. The molecule has 0 aromatic carbocycles. The van der Waals surface area contributed by atoms with Crippen LogP contribution >= 0.6 is 0 Å². The summed E-state index contributed by atoms with van der Waals surface area (Å²) < 4.78 is 0. The van der Waals surface area contributed by atoms with E-state index >= 15 is 0 Å². The van der Waals surface area contributed by atoms with Crippen LogP contribution in [0.1, 0.15) is 33.1 Å². The summed E-state index contributed by atoms with van der Waals surface area (Å²) in [6.07, 6.45) is 3.61. The molecule has 2 nitrogen and oxygen atoms in total. The van der Waals surface area contributed by atoms with Gasteiger partial charge in [-0.25, -0.2) is 0 Å². The van der Waals surface area contributed by atoms with Crippen molar-refractivity contribution >= 4 is 7.28 Å². The minimum Gasteiger partial charge on any atom is -0.332 e. The van der Waals surface area contributed by atoms with Gasteiger partial charge < -0.3 is 11.1 Å². The molecule has 0 bridgehead atoms. The highest BCUT2D eigenvalue weighted by molar-refractivity contribution is 6.38. The van der Waals surface area contributed by atoms with Gasteiger partial charge in [-0.15, -0.1) is 0 Å². The lowest BCUT2D eigenvalue weighted by Gasteiger charge is -2.21. The van der Waals surface area contributed by atoms with Crippen LogP contribution in [0.25, 0.3) is 0 Å². The first-order valence-corrected chi connectivity index (χ1v) is 5.12. The standard InChI is InChI=1S/C9H23BN2/c1-4-5-7-12-8-6-9(2,11)10-3/h10,12H,4-8,11H2,1-3H3. The minimum absolute atomic E-state index is 0.0270. The van der Waals surface area contributed by atoms with Crippen LogP contribution in [0, 0.1) is 0 Å². The normalized spacial score (nSPS) is 15.7. The molecule has 1 atom stereocenters. The van der Waals surface area contributed by atoms with Crippen molar-refractivity contribution in [1.82, 2.24) is 5.32 Å². The molecular formula is C9H23BN2. The van der Waals surface area contributed by atoms with Crippen molar-refractivity contribution in [3.8, 4) is 0 Å².